The summed E-state index contributed by atoms with van der Waals surface area (Å²) in [5.74, 6) is 0.161. The lowest BCUT2D eigenvalue weighted by atomic mass is 10.2. The molecule has 16 heavy (non-hydrogen) atoms. The molecule has 1 aliphatic heterocycles. The van der Waals surface area contributed by atoms with Crippen LogP contribution in [0, 0.1) is 0 Å². The van der Waals surface area contributed by atoms with Gasteiger partial charge >= 0.3 is 0 Å². The van der Waals surface area contributed by atoms with Crippen LogP contribution in [0.25, 0.3) is 0 Å². The van der Waals surface area contributed by atoms with Crippen molar-refractivity contribution in [1.82, 2.24) is 15.6 Å². The molecular weight excluding hydrogens is 270 g/mol. The predicted octanol–water partition coefficient (Wildman–Crippen LogP) is 1.21. The van der Waals surface area contributed by atoms with Crippen molar-refractivity contribution in [2.45, 2.75) is 25.4 Å². The Kier molecular flexibility index (Phi) is 3.90. The lowest BCUT2D eigenvalue weighted by Gasteiger charge is -2.10. The van der Waals surface area contributed by atoms with Crippen molar-refractivity contribution in [3.05, 3.63) is 28.5 Å². The van der Waals surface area contributed by atoms with Crippen LogP contribution in [0.3, 0.4) is 0 Å². The van der Waals surface area contributed by atoms with E-state index in [2.05, 4.69) is 31.5 Å². The zero-order valence-electron chi connectivity index (χ0n) is 8.87. The first-order valence-electron chi connectivity index (χ1n) is 5.34. The topological polar surface area (TPSA) is 54.0 Å². The molecule has 1 atom stereocenters. The van der Waals surface area contributed by atoms with Crippen LogP contribution in [0.4, 0.5) is 0 Å². The van der Waals surface area contributed by atoms with E-state index in [-0.39, 0.29) is 11.9 Å². The van der Waals surface area contributed by atoms with Crippen molar-refractivity contribution < 1.29 is 4.79 Å². The molecular formula is C11H14BrN3O. The number of nitrogens with zero attached hydrogens (tertiary/aromatic N) is 1. The van der Waals surface area contributed by atoms with Gasteiger partial charge in [-0.15, -0.1) is 0 Å². The smallest absolute Gasteiger partial charge is 0.220 e. The number of pyridine rings is 1. The molecule has 1 aromatic rings. The van der Waals surface area contributed by atoms with Gasteiger partial charge < -0.3 is 10.6 Å². The molecule has 1 unspecified atom stereocenters. The van der Waals surface area contributed by atoms with Gasteiger partial charge in [0.25, 0.3) is 0 Å². The number of nitrogens with one attached hydrogen (secondary N) is 2. The second-order valence-electron chi connectivity index (χ2n) is 3.90. The average molecular weight is 284 g/mol. The highest BCUT2D eigenvalue weighted by Gasteiger charge is 2.19. The lowest BCUT2D eigenvalue weighted by molar-refractivity contribution is -0.119. The molecule has 0 spiro atoms. The molecule has 2 N–H and O–H groups in total. The van der Waals surface area contributed by atoms with Crippen LogP contribution >= 0.6 is 15.9 Å². The third-order valence-electron chi connectivity index (χ3n) is 2.57. The number of carbonyl (C=O) groups excluding carboxylic acids is 1. The summed E-state index contributed by atoms with van der Waals surface area (Å²) in [6.45, 7) is 1.54. The highest BCUT2D eigenvalue weighted by molar-refractivity contribution is 9.10. The molecule has 0 aromatic carbocycles. The number of hydrogen-bond donors (Lipinski definition) is 2. The molecule has 0 saturated carbocycles. The summed E-state index contributed by atoms with van der Waals surface area (Å²) in [4.78, 5) is 15.2. The van der Waals surface area contributed by atoms with Gasteiger partial charge in [0.2, 0.25) is 5.91 Å². The van der Waals surface area contributed by atoms with E-state index in [4.69, 9.17) is 0 Å². The van der Waals surface area contributed by atoms with E-state index in [0.29, 0.717) is 6.42 Å². The summed E-state index contributed by atoms with van der Waals surface area (Å²) in [6.07, 6.45) is 3.37. The number of carbonyl (C=O) groups is 1. The minimum atomic E-state index is 0.161. The highest BCUT2D eigenvalue weighted by atomic mass is 79.9. The molecule has 0 radical (unpaired) electrons. The molecule has 1 aliphatic rings. The Balaban J connectivity index is 1.72. The first-order chi connectivity index (χ1) is 7.74. The number of amides is 1. The molecule has 0 bridgehead atoms. The van der Waals surface area contributed by atoms with Crippen molar-refractivity contribution in [3.8, 4) is 0 Å². The average Bonchev–Trinajstić information content (AvgIpc) is 2.67. The first kappa shape index (κ1) is 11.5. The van der Waals surface area contributed by atoms with Crippen molar-refractivity contribution in [1.29, 1.82) is 0 Å². The minimum Gasteiger partial charge on any atom is -0.352 e. The van der Waals surface area contributed by atoms with Gasteiger partial charge in [-0.3, -0.25) is 9.78 Å². The maximum Gasteiger partial charge on any atom is 0.220 e. The van der Waals surface area contributed by atoms with E-state index < -0.39 is 0 Å². The summed E-state index contributed by atoms with van der Waals surface area (Å²) in [5.41, 5.74) is 1.01. The molecule has 0 aliphatic carbocycles. The summed E-state index contributed by atoms with van der Waals surface area (Å²) in [5, 5.41) is 6.21. The predicted molar refractivity (Wildman–Crippen MR) is 64.8 cm³/mol. The van der Waals surface area contributed by atoms with Crippen molar-refractivity contribution in [3.63, 3.8) is 0 Å². The first-order valence-corrected chi connectivity index (χ1v) is 6.14. The monoisotopic (exact) mass is 283 g/mol. The van der Waals surface area contributed by atoms with E-state index >= 15 is 0 Å². The van der Waals surface area contributed by atoms with Gasteiger partial charge in [-0.25, -0.2) is 0 Å². The molecule has 4 nitrogen and oxygen atoms in total. The zero-order chi connectivity index (χ0) is 11.4. The molecule has 1 fully saturated rings. The number of halogens is 1. The lowest BCUT2D eigenvalue weighted by Crippen LogP contribution is -2.35. The Labute approximate surface area is 103 Å². The van der Waals surface area contributed by atoms with Gasteiger partial charge in [-0.2, -0.15) is 0 Å². The normalized spacial score (nSPS) is 19.8. The Bertz CT molecular complexity index is 366. The van der Waals surface area contributed by atoms with Gasteiger partial charge in [0.05, 0.1) is 5.69 Å². The van der Waals surface area contributed by atoms with Crippen LogP contribution in [0.15, 0.2) is 22.8 Å². The van der Waals surface area contributed by atoms with Crippen LogP contribution < -0.4 is 10.6 Å². The molecule has 1 saturated heterocycles. The van der Waals surface area contributed by atoms with Gasteiger partial charge in [0.1, 0.15) is 0 Å². The van der Waals surface area contributed by atoms with Crippen LogP contribution in [-0.2, 0) is 11.3 Å². The van der Waals surface area contributed by atoms with E-state index in [1.807, 2.05) is 12.1 Å². The second kappa shape index (κ2) is 5.41. The maximum absolute atomic E-state index is 11.0. The summed E-state index contributed by atoms with van der Waals surface area (Å²) in [6, 6.07) is 4.23. The molecule has 1 amide bonds. The number of hydrogen-bond acceptors (Lipinski definition) is 3. The second-order valence-corrected chi connectivity index (χ2v) is 4.82. The fourth-order valence-corrected chi connectivity index (χ4v) is 1.95. The fraction of sp³-hybridized carbons (Fsp3) is 0.455. The largest absolute Gasteiger partial charge is 0.352 e. The summed E-state index contributed by atoms with van der Waals surface area (Å²) >= 11 is 3.34. The summed E-state index contributed by atoms with van der Waals surface area (Å²) in [7, 11) is 0. The van der Waals surface area contributed by atoms with E-state index in [1.165, 1.54) is 0 Å². The van der Waals surface area contributed by atoms with Gasteiger partial charge in [-0.05, 0) is 34.5 Å². The van der Waals surface area contributed by atoms with E-state index in [9.17, 15) is 4.79 Å². The van der Waals surface area contributed by atoms with Crippen LogP contribution in [0.1, 0.15) is 18.5 Å². The van der Waals surface area contributed by atoms with Crippen LogP contribution in [0.5, 0.6) is 0 Å². The maximum atomic E-state index is 11.0. The van der Waals surface area contributed by atoms with Gasteiger partial charge in [0, 0.05) is 36.2 Å². The Morgan fingerprint density at radius 1 is 1.56 bits per heavy atom. The fourth-order valence-electron chi connectivity index (χ4n) is 1.72. The summed E-state index contributed by atoms with van der Waals surface area (Å²) < 4.78 is 0.985. The van der Waals surface area contributed by atoms with Crippen molar-refractivity contribution in [2.24, 2.45) is 0 Å². The SMILES string of the molecule is O=C1CCC(CNCc2ccc(Br)cn2)N1. The Morgan fingerprint density at radius 3 is 3.06 bits per heavy atom. The Hall–Kier alpha value is -0.940. The highest BCUT2D eigenvalue weighted by Crippen LogP contribution is 2.08. The van der Waals surface area contributed by atoms with Crippen molar-refractivity contribution >= 4 is 21.8 Å². The molecule has 5 heteroatoms. The molecule has 1 aromatic heterocycles. The van der Waals surface area contributed by atoms with Crippen LogP contribution in [-0.4, -0.2) is 23.5 Å². The molecule has 2 heterocycles. The molecule has 2 rings (SSSR count). The van der Waals surface area contributed by atoms with Crippen molar-refractivity contribution in [2.75, 3.05) is 6.54 Å². The van der Waals surface area contributed by atoms with Gasteiger partial charge in [0.15, 0.2) is 0 Å². The Morgan fingerprint density at radius 2 is 2.44 bits per heavy atom. The molecule has 86 valence electrons. The number of aromatic nitrogens is 1. The van der Waals surface area contributed by atoms with E-state index in [0.717, 1.165) is 29.7 Å². The third-order valence-corrected chi connectivity index (χ3v) is 3.04. The zero-order valence-corrected chi connectivity index (χ0v) is 10.5. The van der Waals surface area contributed by atoms with E-state index in [1.54, 1.807) is 6.20 Å². The number of rotatable bonds is 4. The standard InChI is InChI=1S/C11H14BrN3O/c12-8-1-2-9(14-5-8)6-13-7-10-3-4-11(16)15-10/h1-2,5,10,13H,3-4,6-7H2,(H,15,16). The third kappa shape index (κ3) is 3.28. The minimum absolute atomic E-state index is 0.161. The van der Waals surface area contributed by atoms with Gasteiger partial charge in [-0.1, -0.05) is 0 Å². The quantitative estimate of drug-likeness (QED) is 0.874. The van der Waals surface area contributed by atoms with Crippen LogP contribution in [0.2, 0.25) is 0 Å².